The van der Waals surface area contributed by atoms with Crippen molar-refractivity contribution in [2.45, 2.75) is 6.92 Å². The first-order valence-corrected chi connectivity index (χ1v) is 10.5. The molecule has 5 rings (SSSR count). The number of rotatable bonds is 6. The zero-order chi connectivity index (χ0) is 25.2. The number of fused-ring (bicyclic) bond motifs is 1. The van der Waals surface area contributed by atoms with Crippen LogP contribution in [-0.4, -0.2) is 41.8 Å². The van der Waals surface area contributed by atoms with Gasteiger partial charge in [0.25, 0.3) is 11.6 Å². The van der Waals surface area contributed by atoms with Gasteiger partial charge in [-0.2, -0.15) is 9.78 Å². The molecule has 0 aliphatic rings. The summed E-state index contributed by atoms with van der Waals surface area (Å²) in [5.74, 6) is -0.740. The largest absolute Gasteiger partial charge is 0.378 e. The van der Waals surface area contributed by atoms with Gasteiger partial charge in [0, 0.05) is 17.7 Å². The van der Waals surface area contributed by atoms with E-state index < -0.39 is 10.8 Å². The molecule has 0 radical (unpaired) electrons. The number of anilines is 1. The molecule has 0 spiro atoms. The molecule has 0 bridgehead atoms. The fraction of sp³-hybridized carbons (Fsp3) is 0.0435. The number of non-ortho nitro benzene ring substituents is 1. The number of carbonyl (C=O) groups is 1. The first kappa shape index (κ1) is 22.3. The molecule has 0 aliphatic carbocycles. The number of benzene rings is 3. The molecule has 0 unspecified atom stereocenters. The molecule has 13 nitrogen and oxygen atoms in total. The second-order valence-electron chi connectivity index (χ2n) is 7.68. The minimum Gasteiger partial charge on any atom is -0.378 e. The van der Waals surface area contributed by atoms with Gasteiger partial charge in [0.1, 0.15) is 5.69 Å². The summed E-state index contributed by atoms with van der Waals surface area (Å²) in [5.41, 5.74) is 10.0. The highest BCUT2D eigenvalue weighted by Gasteiger charge is 2.25. The lowest BCUT2D eigenvalue weighted by atomic mass is 10.0. The molecule has 5 aromatic rings. The van der Waals surface area contributed by atoms with E-state index in [1.165, 1.54) is 28.9 Å². The van der Waals surface area contributed by atoms with Gasteiger partial charge in [-0.15, -0.1) is 5.10 Å². The van der Waals surface area contributed by atoms with Crippen molar-refractivity contribution in [3.8, 4) is 17.1 Å². The van der Waals surface area contributed by atoms with Crippen LogP contribution in [0.5, 0.6) is 0 Å². The fourth-order valence-corrected chi connectivity index (χ4v) is 3.59. The number of hydrazone groups is 1. The maximum atomic E-state index is 13.1. The number of hydrogen-bond acceptors (Lipinski definition) is 10. The van der Waals surface area contributed by atoms with Gasteiger partial charge in [0.2, 0.25) is 11.6 Å². The van der Waals surface area contributed by atoms with E-state index in [4.69, 9.17) is 5.73 Å². The van der Waals surface area contributed by atoms with E-state index in [2.05, 4.69) is 35.8 Å². The number of nitrogens with zero attached hydrogens (tertiary/aromatic N) is 7. The molecule has 1 amide bonds. The molecule has 13 heteroatoms. The molecule has 2 heterocycles. The van der Waals surface area contributed by atoms with E-state index in [1.807, 2.05) is 42.5 Å². The standard InChI is InChI=1S/C23H17N9O4/c1-13(16-7-6-14-4-2-3-5-17(14)12-16)25-27-23(33)19-20(15-8-10-18(11-9-15)32(34)35)31(30-26-19)22-21(24)28-36-29-22/h2-12H,1H3,(H2,24,28)(H,27,33)/b25-13-. The second-order valence-corrected chi connectivity index (χ2v) is 7.68. The van der Waals surface area contributed by atoms with Gasteiger partial charge in [0.05, 0.1) is 10.6 Å². The third-order valence-corrected chi connectivity index (χ3v) is 5.43. The van der Waals surface area contributed by atoms with Crippen LogP contribution in [0.15, 0.2) is 76.5 Å². The Balaban J connectivity index is 1.49. The van der Waals surface area contributed by atoms with E-state index in [9.17, 15) is 14.9 Å². The van der Waals surface area contributed by atoms with E-state index in [1.54, 1.807) is 6.92 Å². The maximum absolute atomic E-state index is 13.1. The number of amides is 1. The Morgan fingerprint density at radius 3 is 2.53 bits per heavy atom. The zero-order valence-electron chi connectivity index (χ0n) is 18.7. The van der Waals surface area contributed by atoms with Crippen LogP contribution in [0.4, 0.5) is 11.5 Å². The summed E-state index contributed by atoms with van der Waals surface area (Å²) in [7, 11) is 0. The van der Waals surface area contributed by atoms with Gasteiger partial charge in [0.15, 0.2) is 5.69 Å². The zero-order valence-corrected chi connectivity index (χ0v) is 18.7. The Kier molecular flexibility index (Phi) is 5.62. The predicted molar refractivity (Wildman–Crippen MR) is 129 cm³/mol. The van der Waals surface area contributed by atoms with Crippen LogP contribution in [0.25, 0.3) is 27.8 Å². The number of carbonyl (C=O) groups excluding carboxylic acids is 1. The Hall–Kier alpha value is -5.46. The van der Waals surface area contributed by atoms with Gasteiger partial charge < -0.3 is 5.73 Å². The highest BCUT2D eigenvalue weighted by atomic mass is 16.6. The number of nitrogens with two attached hydrogens (primary N) is 1. The van der Waals surface area contributed by atoms with E-state index in [0.29, 0.717) is 11.3 Å². The van der Waals surface area contributed by atoms with Crippen LogP contribution in [0, 0.1) is 10.1 Å². The SMILES string of the molecule is C/C(=N/NC(=O)c1nnn(-c2nonc2N)c1-c1ccc([N+](=O)[O-])cc1)c1ccc2ccccc2c1. The number of nitrogen functional groups attached to an aromatic ring is 1. The van der Waals surface area contributed by atoms with Gasteiger partial charge in [-0.05, 0) is 51.8 Å². The molecular formula is C23H17N9O4. The van der Waals surface area contributed by atoms with Crippen LogP contribution >= 0.6 is 0 Å². The molecule has 3 N–H and O–H groups in total. The normalized spacial score (nSPS) is 11.5. The smallest absolute Gasteiger partial charge is 0.294 e. The number of nitrogens with one attached hydrogen (secondary N) is 1. The summed E-state index contributed by atoms with van der Waals surface area (Å²) < 4.78 is 5.81. The maximum Gasteiger partial charge on any atom is 0.294 e. The van der Waals surface area contributed by atoms with Crippen LogP contribution in [0.2, 0.25) is 0 Å². The highest BCUT2D eigenvalue weighted by molar-refractivity contribution is 6.04. The van der Waals surface area contributed by atoms with E-state index in [0.717, 1.165) is 16.3 Å². The Morgan fingerprint density at radius 2 is 1.83 bits per heavy atom. The summed E-state index contributed by atoms with van der Waals surface area (Å²) in [6, 6.07) is 19.3. The fourth-order valence-electron chi connectivity index (χ4n) is 3.59. The van der Waals surface area contributed by atoms with Crippen molar-refractivity contribution in [1.29, 1.82) is 0 Å². The number of nitro groups is 1. The topological polar surface area (TPSA) is 180 Å². The number of nitro benzene ring substituents is 1. The Labute approximate surface area is 202 Å². The van der Waals surface area contributed by atoms with Crippen LogP contribution in [0.1, 0.15) is 23.0 Å². The third kappa shape index (κ3) is 4.11. The summed E-state index contributed by atoms with van der Waals surface area (Å²) in [6.07, 6.45) is 0. The van der Waals surface area contributed by atoms with Crippen molar-refractivity contribution in [3.63, 3.8) is 0 Å². The lowest BCUT2D eigenvalue weighted by molar-refractivity contribution is -0.384. The van der Waals surface area contributed by atoms with Crippen molar-refractivity contribution in [1.82, 2.24) is 30.7 Å². The van der Waals surface area contributed by atoms with Gasteiger partial charge >= 0.3 is 0 Å². The molecule has 3 aromatic carbocycles. The van der Waals surface area contributed by atoms with Crippen molar-refractivity contribution >= 4 is 33.9 Å². The monoisotopic (exact) mass is 483 g/mol. The minimum atomic E-state index is -0.662. The molecule has 0 aliphatic heterocycles. The number of aromatic nitrogens is 5. The van der Waals surface area contributed by atoms with Crippen LogP contribution in [0.3, 0.4) is 0 Å². The van der Waals surface area contributed by atoms with Crippen molar-refractivity contribution in [3.05, 3.63) is 88.1 Å². The first-order valence-electron chi connectivity index (χ1n) is 10.5. The molecule has 2 aromatic heterocycles. The molecule has 0 saturated heterocycles. The average molecular weight is 483 g/mol. The average Bonchev–Trinajstić information content (AvgIpc) is 3.52. The molecule has 0 fully saturated rings. The molecular weight excluding hydrogens is 466 g/mol. The summed E-state index contributed by atoms with van der Waals surface area (Å²) in [6.45, 7) is 1.76. The van der Waals surface area contributed by atoms with Crippen molar-refractivity contribution in [2.75, 3.05) is 5.73 Å². The highest BCUT2D eigenvalue weighted by Crippen LogP contribution is 2.28. The van der Waals surface area contributed by atoms with Gasteiger partial charge in [-0.1, -0.05) is 41.6 Å². The first-order chi connectivity index (χ1) is 17.4. The Bertz CT molecular complexity index is 1640. The second kappa shape index (κ2) is 9.06. The number of hydrogen-bond donors (Lipinski definition) is 2. The predicted octanol–water partition coefficient (Wildman–Crippen LogP) is 3.11. The summed E-state index contributed by atoms with van der Waals surface area (Å²) in [5, 5.41) is 32.6. The van der Waals surface area contributed by atoms with Crippen molar-refractivity contribution in [2.24, 2.45) is 5.10 Å². The van der Waals surface area contributed by atoms with Crippen LogP contribution < -0.4 is 11.2 Å². The third-order valence-electron chi connectivity index (χ3n) is 5.43. The van der Waals surface area contributed by atoms with E-state index in [-0.39, 0.29) is 28.7 Å². The Morgan fingerprint density at radius 1 is 1.08 bits per heavy atom. The lowest BCUT2D eigenvalue weighted by Gasteiger charge is -2.07. The van der Waals surface area contributed by atoms with Crippen LogP contribution in [-0.2, 0) is 0 Å². The molecule has 178 valence electrons. The quantitative estimate of drug-likeness (QED) is 0.208. The van der Waals surface area contributed by atoms with Gasteiger partial charge in [-0.25, -0.2) is 10.1 Å². The minimum absolute atomic E-state index is 0.00532. The lowest BCUT2D eigenvalue weighted by Crippen LogP contribution is -2.21. The molecule has 0 saturated carbocycles. The summed E-state index contributed by atoms with van der Waals surface area (Å²) >= 11 is 0. The molecule has 0 atom stereocenters. The van der Waals surface area contributed by atoms with Crippen molar-refractivity contribution < 1.29 is 14.3 Å². The van der Waals surface area contributed by atoms with E-state index >= 15 is 0 Å². The van der Waals surface area contributed by atoms with Gasteiger partial charge in [-0.3, -0.25) is 14.9 Å². The molecule has 36 heavy (non-hydrogen) atoms. The summed E-state index contributed by atoms with van der Waals surface area (Å²) in [4.78, 5) is 23.6.